The van der Waals surface area contributed by atoms with Crippen LogP contribution >= 0.6 is 11.3 Å². The molecule has 1 saturated carbocycles. The Morgan fingerprint density at radius 2 is 2.50 bits per heavy atom. The van der Waals surface area contributed by atoms with Crippen molar-refractivity contribution in [1.82, 2.24) is 0 Å². The average Bonchev–Trinajstić information content (AvgIpc) is 2.80. The van der Waals surface area contributed by atoms with E-state index in [0.29, 0.717) is 0 Å². The highest BCUT2D eigenvalue weighted by Crippen LogP contribution is 2.26. The molecule has 1 atom stereocenters. The second-order valence-electron chi connectivity index (χ2n) is 3.42. The molecule has 0 aromatic carbocycles. The predicted molar refractivity (Wildman–Crippen MR) is 53.0 cm³/mol. The fourth-order valence-electron chi connectivity index (χ4n) is 1.16. The number of carbonyl (C=O) groups excluding carboxylic acids is 1. The molecule has 1 unspecified atom stereocenters. The van der Waals surface area contributed by atoms with Gasteiger partial charge in [-0.2, -0.15) is 0 Å². The average molecular weight is 212 g/mol. The van der Waals surface area contributed by atoms with Crippen LogP contribution in [0.1, 0.15) is 30.2 Å². The quantitative estimate of drug-likeness (QED) is 0.775. The van der Waals surface area contributed by atoms with Gasteiger partial charge in [-0.1, -0.05) is 6.07 Å². The van der Waals surface area contributed by atoms with E-state index in [1.807, 2.05) is 17.5 Å². The second-order valence-corrected chi connectivity index (χ2v) is 4.40. The Kier molecular flexibility index (Phi) is 2.84. The molecule has 0 amide bonds. The molecule has 1 aliphatic carbocycles. The van der Waals surface area contributed by atoms with Crippen LogP contribution in [-0.4, -0.2) is 17.2 Å². The van der Waals surface area contributed by atoms with E-state index in [4.69, 9.17) is 4.74 Å². The maximum atomic E-state index is 11.2. The maximum Gasteiger partial charge on any atom is 0.309 e. The summed E-state index contributed by atoms with van der Waals surface area (Å²) in [6.07, 6.45) is 1.43. The summed E-state index contributed by atoms with van der Waals surface area (Å²) in [6, 6.07) is 3.68. The molecule has 1 N–H and O–H groups in total. The summed E-state index contributed by atoms with van der Waals surface area (Å²) in [5.41, 5.74) is 0. The van der Waals surface area contributed by atoms with Crippen LogP contribution < -0.4 is 0 Å². The molecular weight excluding hydrogens is 200 g/mol. The summed E-state index contributed by atoms with van der Waals surface area (Å²) < 4.78 is 5.04. The van der Waals surface area contributed by atoms with E-state index in [1.54, 1.807) is 0 Å². The van der Waals surface area contributed by atoms with Crippen molar-refractivity contribution < 1.29 is 14.6 Å². The normalized spacial score (nSPS) is 17.8. The van der Waals surface area contributed by atoms with Gasteiger partial charge in [0.1, 0.15) is 6.10 Å². The molecule has 3 nitrogen and oxygen atoms in total. The molecule has 0 bridgehead atoms. The zero-order valence-corrected chi connectivity index (χ0v) is 8.50. The molecule has 14 heavy (non-hydrogen) atoms. The molecule has 1 aliphatic rings. The molecule has 4 heteroatoms. The first kappa shape index (κ1) is 9.68. The van der Waals surface area contributed by atoms with Gasteiger partial charge in [0.15, 0.2) is 0 Å². The van der Waals surface area contributed by atoms with E-state index >= 15 is 0 Å². The summed E-state index contributed by atoms with van der Waals surface area (Å²) >= 11 is 1.45. The van der Waals surface area contributed by atoms with Gasteiger partial charge in [-0.25, -0.2) is 0 Å². The Hall–Kier alpha value is -0.870. The topological polar surface area (TPSA) is 46.5 Å². The van der Waals surface area contributed by atoms with Gasteiger partial charge >= 0.3 is 5.97 Å². The Morgan fingerprint density at radius 3 is 3.07 bits per heavy atom. The highest BCUT2D eigenvalue weighted by molar-refractivity contribution is 7.10. The zero-order valence-electron chi connectivity index (χ0n) is 7.68. The van der Waals surface area contributed by atoms with E-state index in [2.05, 4.69) is 0 Å². The smallest absolute Gasteiger partial charge is 0.309 e. The maximum absolute atomic E-state index is 11.2. The third-order valence-electron chi connectivity index (χ3n) is 2.05. The van der Waals surface area contributed by atoms with Gasteiger partial charge in [0.25, 0.3) is 0 Å². The van der Waals surface area contributed by atoms with Crippen molar-refractivity contribution in [3.63, 3.8) is 0 Å². The molecular formula is C10H12O3S. The molecule has 1 aromatic rings. The van der Waals surface area contributed by atoms with Crippen LogP contribution in [0.3, 0.4) is 0 Å². The molecule has 1 fully saturated rings. The van der Waals surface area contributed by atoms with Gasteiger partial charge in [-0.3, -0.25) is 4.79 Å². The largest absolute Gasteiger partial charge is 0.462 e. The van der Waals surface area contributed by atoms with E-state index in [0.717, 1.165) is 17.7 Å². The number of hydrogen-bond donors (Lipinski definition) is 1. The van der Waals surface area contributed by atoms with Crippen LogP contribution in [-0.2, 0) is 9.53 Å². The van der Waals surface area contributed by atoms with Gasteiger partial charge < -0.3 is 9.84 Å². The van der Waals surface area contributed by atoms with Crippen LogP contribution in [0.4, 0.5) is 0 Å². The van der Waals surface area contributed by atoms with Crippen LogP contribution in [0.15, 0.2) is 17.5 Å². The first-order valence-electron chi connectivity index (χ1n) is 4.66. The molecule has 1 aromatic heterocycles. The first-order chi connectivity index (χ1) is 6.75. The second kappa shape index (κ2) is 4.11. The molecule has 0 radical (unpaired) electrons. The van der Waals surface area contributed by atoms with Crippen LogP contribution in [0, 0.1) is 0 Å². The van der Waals surface area contributed by atoms with Gasteiger partial charge in [-0.15, -0.1) is 11.3 Å². The number of aliphatic hydroxyl groups is 1. The van der Waals surface area contributed by atoms with Crippen molar-refractivity contribution in [2.24, 2.45) is 0 Å². The number of carbonyl (C=O) groups is 1. The van der Waals surface area contributed by atoms with Crippen LogP contribution in [0.2, 0.25) is 0 Å². The number of ether oxygens (including phenoxy) is 1. The SMILES string of the molecule is O=C(CC(O)c1cccs1)OC1CC1. The van der Waals surface area contributed by atoms with E-state index in [9.17, 15) is 9.90 Å². The molecule has 1 heterocycles. The summed E-state index contributed by atoms with van der Waals surface area (Å²) in [5.74, 6) is -0.298. The summed E-state index contributed by atoms with van der Waals surface area (Å²) in [5, 5.41) is 11.5. The Bertz CT molecular complexity index is 303. The monoisotopic (exact) mass is 212 g/mol. The fourth-order valence-corrected chi connectivity index (χ4v) is 1.87. The minimum absolute atomic E-state index is 0.0665. The summed E-state index contributed by atoms with van der Waals surface area (Å²) in [6.45, 7) is 0. The first-order valence-corrected chi connectivity index (χ1v) is 5.54. The third-order valence-corrected chi connectivity index (χ3v) is 3.03. The van der Waals surface area contributed by atoms with Crippen molar-refractivity contribution >= 4 is 17.3 Å². The van der Waals surface area contributed by atoms with E-state index in [1.165, 1.54) is 11.3 Å². The lowest BCUT2D eigenvalue weighted by atomic mass is 10.2. The highest BCUT2D eigenvalue weighted by atomic mass is 32.1. The predicted octanol–water partition coefficient (Wildman–Crippen LogP) is 1.88. The number of thiophene rings is 1. The molecule has 0 saturated heterocycles. The van der Waals surface area contributed by atoms with Crippen molar-refractivity contribution in [3.8, 4) is 0 Å². The van der Waals surface area contributed by atoms with Crippen LogP contribution in [0.25, 0.3) is 0 Å². The highest BCUT2D eigenvalue weighted by Gasteiger charge is 2.27. The minimum atomic E-state index is -0.707. The Balaban J connectivity index is 1.81. The Labute approximate surface area is 86.3 Å². The van der Waals surface area contributed by atoms with E-state index in [-0.39, 0.29) is 18.5 Å². The van der Waals surface area contributed by atoms with Gasteiger partial charge in [0.05, 0.1) is 12.5 Å². The molecule has 0 aliphatic heterocycles. The van der Waals surface area contributed by atoms with Gasteiger partial charge in [0, 0.05) is 4.88 Å². The minimum Gasteiger partial charge on any atom is -0.462 e. The number of esters is 1. The molecule has 76 valence electrons. The summed E-state index contributed by atoms with van der Waals surface area (Å²) in [4.78, 5) is 12.0. The third kappa shape index (κ3) is 2.56. The van der Waals surface area contributed by atoms with Crippen molar-refractivity contribution in [1.29, 1.82) is 0 Å². The standard InChI is InChI=1S/C10H12O3S/c11-8(9-2-1-5-14-9)6-10(12)13-7-3-4-7/h1-2,5,7-8,11H,3-4,6H2. The number of aliphatic hydroxyl groups excluding tert-OH is 1. The Morgan fingerprint density at radius 1 is 1.71 bits per heavy atom. The fraction of sp³-hybridized carbons (Fsp3) is 0.500. The number of rotatable bonds is 4. The van der Waals surface area contributed by atoms with Crippen molar-refractivity contribution in [3.05, 3.63) is 22.4 Å². The lowest BCUT2D eigenvalue weighted by Crippen LogP contribution is -2.10. The van der Waals surface area contributed by atoms with E-state index < -0.39 is 6.10 Å². The van der Waals surface area contributed by atoms with Gasteiger partial charge in [0.2, 0.25) is 0 Å². The lowest BCUT2D eigenvalue weighted by molar-refractivity contribution is -0.147. The summed E-state index contributed by atoms with van der Waals surface area (Å²) in [7, 11) is 0. The van der Waals surface area contributed by atoms with Crippen molar-refractivity contribution in [2.45, 2.75) is 31.5 Å². The van der Waals surface area contributed by atoms with Crippen LogP contribution in [0.5, 0.6) is 0 Å². The number of hydrogen-bond acceptors (Lipinski definition) is 4. The zero-order chi connectivity index (χ0) is 9.97. The van der Waals surface area contributed by atoms with Gasteiger partial charge in [-0.05, 0) is 24.3 Å². The van der Waals surface area contributed by atoms with Crippen molar-refractivity contribution in [2.75, 3.05) is 0 Å². The molecule has 2 rings (SSSR count). The lowest BCUT2D eigenvalue weighted by Gasteiger charge is -2.07. The molecule has 0 spiro atoms.